The third kappa shape index (κ3) is 5.08. The second-order valence-corrected chi connectivity index (χ2v) is 6.35. The molecular formula is C18H27N3O2. The van der Waals surface area contributed by atoms with Crippen LogP contribution < -0.4 is 4.74 Å². The highest BCUT2D eigenvalue weighted by Gasteiger charge is 2.17. The summed E-state index contributed by atoms with van der Waals surface area (Å²) < 4.78 is 7.52. The van der Waals surface area contributed by atoms with Crippen LogP contribution in [0.15, 0.2) is 30.6 Å². The highest BCUT2D eigenvalue weighted by molar-refractivity contribution is 5.33. The molecule has 1 aromatic carbocycles. The van der Waals surface area contributed by atoms with Crippen molar-refractivity contribution in [1.29, 1.82) is 0 Å². The van der Waals surface area contributed by atoms with Gasteiger partial charge in [0.25, 0.3) is 0 Å². The van der Waals surface area contributed by atoms with Crippen molar-refractivity contribution in [3.8, 4) is 5.75 Å². The zero-order valence-electron chi connectivity index (χ0n) is 14.7. The van der Waals surface area contributed by atoms with Crippen molar-refractivity contribution in [1.82, 2.24) is 14.7 Å². The number of nitrogens with zero attached hydrogens (tertiary/aromatic N) is 3. The molecule has 0 aliphatic carbocycles. The fourth-order valence-electron chi connectivity index (χ4n) is 2.66. The van der Waals surface area contributed by atoms with E-state index in [-0.39, 0.29) is 12.6 Å². The summed E-state index contributed by atoms with van der Waals surface area (Å²) in [6.45, 7) is 7.02. The summed E-state index contributed by atoms with van der Waals surface area (Å²) in [7, 11) is 3.90. The molecule has 0 bridgehead atoms. The molecule has 0 aliphatic heterocycles. The quantitative estimate of drug-likeness (QED) is 0.852. The first-order valence-electron chi connectivity index (χ1n) is 7.93. The van der Waals surface area contributed by atoms with E-state index in [0.717, 1.165) is 22.4 Å². The molecule has 2 atom stereocenters. The van der Waals surface area contributed by atoms with Gasteiger partial charge in [0, 0.05) is 31.4 Å². The maximum absolute atomic E-state index is 10.2. The summed E-state index contributed by atoms with van der Waals surface area (Å²) in [5, 5.41) is 14.4. The van der Waals surface area contributed by atoms with Crippen molar-refractivity contribution < 1.29 is 9.84 Å². The van der Waals surface area contributed by atoms with Crippen LogP contribution in [-0.4, -0.2) is 46.1 Å². The fourth-order valence-corrected chi connectivity index (χ4v) is 2.66. The van der Waals surface area contributed by atoms with Crippen molar-refractivity contribution >= 4 is 0 Å². The minimum atomic E-state index is -0.542. The standard InChI is InChI=1S/C18H27N3O2/c1-13-6-14(2)8-18(7-13)23-12-17(22)11-20(4)15(3)16-9-19-21(5)10-16/h6-10,15,17,22H,11-12H2,1-5H3. The molecule has 0 aliphatic rings. The summed E-state index contributed by atoms with van der Waals surface area (Å²) in [6, 6.07) is 6.27. The molecule has 2 unspecified atom stereocenters. The number of aliphatic hydroxyl groups is 1. The molecule has 0 fully saturated rings. The lowest BCUT2D eigenvalue weighted by Crippen LogP contribution is -2.34. The number of aryl methyl sites for hydroxylation is 3. The van der Waals surface area contributed by atoms with Gasteiger partial charge in [-0.2, -0.15) is 5.10 Å². The monoisotopic (exact) mass is 317 g/mol. The van der Waals surface area contributed by atoms with E-state index in [9.17, 15) is 5.11 Å². The molecule has 0 saturated carbocycles. The molecule has 126 valence electrons. The minimum absolute atomic E-state index is 0.194. The van der Waals surface area contributed by atoms with Gasteiger partial charge >= 0.3 is 0 Å². The van der Waals surface area contributed by atoms with Gasteiger partial charge in [-0.15, -0.1) is 0 Å². The molecule has 0 amide bonds. The van der Waals surface area contributed by atoms with Gasteiger partial charge in [0.2, 0.25) is 0 Å². The van der Waals surface area contributed by atoms with E-state index in [4.69, 9.17) is 4.74 Å². The Morgan fingerprint density at radius 1 is 1.26 bits per heavy atom. The Balaban J connectivity index is 1.85. The first-order valence-corrected chi connectivity index (χ1v) is 7.93. The van der Waals surface area contributed by atoms with E-state index in [1.807, 2.05) is 52.5 Å². The topological polar surface area (TPSA) is 50.5 Å². The maximum Gasteiger partial charge on any atom is 0.119 e. The first-order chi connectivity index (χ1) is 10.8. The summed E-state index contributed by atoms with van der Waals surface area (Å²) in [5.41, 5.74) is 3.46. The Hall–Kier alpha value is -1.85. The van der Waals surface area contributed by atoms with Gasteiger partial charge in [0.15, 0.2) is 0 Å². The van der Waals surface area contributed by atoms with Crippen molar-refractivity contribution in [2.24, 2.45) is 7.05 Å². The van der Waals surface area contributed by atoms with Crippen LogP contribution in [0.25, 0.3) is 0 Å². The third-order valence-corrected chi connectivity index (χ3v) is 4.00. The maximum atomic E-state index is 10.2. The normalized spacial score (nSPS) is 14.0. The van der Waals surface area contributed by atoms with Crippen LogP contribution in [0.1, 0.15) is 29.7 Å². The van der Waals surface area contributed by atoms with Crippen LogP contribution in [0, 0.1) is 13.8 Å². The average molecular weight is 317 g/mol. The summed E-state index contributed by atoms with van der Waals surface area (Å²) in [5.74, 6) is 0.810. The van der Waals surface area contributed by atoms with Crippen molar-refractivity contribution in [3.05, 3.63) is 47.3 Å². The molecule has 1 aromatic heterocycles. The van der Waals surface area contributed by atoms with Crippen LogP contribution in [0.2, 0.25) is 0 Å². The van der Waals surface area contributed by atoms with E-state index >= 15 is 0 Å². The molecule has 2 rings (SSSR count). The Labute approximate surface area is 138 Å². The summed E-state index contributed by atoms with van der Waals surface area (Å²) >= 11 is 0. The molecule has 0 spiro atoms. The van der Waals surface area contributed by atoms with Gasteiger partial charge in [-0.25, -0.2) is 0 Å². The van der Waals surface area contributed by atoms with Gasteiger partial charge in [0.05, 0.1) is 6.20 Å². The predicted molar refractivity (Wildman–Crippen MR) is 91.7 cm³/mol. The van der Waals surface area contributed by atoms with E-state index in [1.54, 1.807) is 4.68 Å². The lowest BCUT2D eigenvalue weighted by atomic mass is 10.1. The van der Waals surface area contributed by atoms with Crippen molar-refractivity contribution in [3.63, 3.8) is 0 Å². The molecule has 5 nitrogen and oxygen atoms in total. The van der Waals surface area contributed by atoms with Crippen LogP contribution in [0.5, 0.6) is 5.75 Å². The van der Waals surface area contributed by atoms with Gasteiger partial charge in [-0.05, 0) is 51.1 Å². The molecule has 0 saturated heterocycles. The van der Waals surface area contributed by atoms with Crippen LogP contribution in [0.4, 0.5) is 0 Å². The fraction of sp³-hybridized carbons (Fsp3) is 0.500. The van der Waals surface area contributed by atoms with Gasteiger partial charge < -0.3 is 9.84 Å². The molecular weight excluding hydrogens is 290 g/mol. The number of ether oxygens (including phenoxy) is 1. The van der Waals surface area contributed by atoms with E-state index < -0.39 is 6.10 Å². The average Bonchev–Trinajstić information content (AvgIpc) is 2.90. The van der Waals surface area contributed by atoms with Crippen LogP contribution in [0.3, 0.4) is 0 Å². The highest BCUT2D eigenvalue weighted by Crippen LogP contribution is 2.19. The zero-order valence-corrected chi connectivity index (χ0v) is 14.7. The minimum Gasteiger partial charge on any atom is -0.491 e. The number of aromatic nitrogens is 2. The molecule has 0 radical (unpaired) electrons. The smallest absolute Gasteiger partial charge is 0.119 e. The number of hydrogen-bond donors (Lipinski definition) is 1. The molecule has 1 heterocycles. The largest absolute Gasteiger partial charge is 0.491 e. The Morgan fingerprint density at radius 3 is 2.48 bits per heavy atom. The van der Waals surface area contributed by atoms with E-state index in [0.29, 0.717) is 6.54 Å². The number of rotatable bonds is 7. The second kappa shape index (κ2) is 7.62. The second-order valence-electron chi connectivity index (χ2n) is 6.35. The molecule has 1 N–H and O–H groups in total. The van der Waals surface area contributed by atoms with Crippen molar-refractivity contribution in [2.75, 3.05) is 20.2 Å². The predicted octanol–water partition coefficient (Wildman–Crippen LogP) is 2.47. The highest BCUT2D eigenvalue weighted by atomic mass is 16.5. The third-order valence-electron chi connectivity index (χ3n) is 4.00. The lowest BCUT2D eigenvalue weighted by Gasteiger charge is -2.26. The van der Waals surface area contributed by atoms with Crippen LogP contribution >= 0.6 is 0 Å². The van der Waals surface area contributed by atoms with E-state index in [2.05, 4.69) is 23.0 Å². The number of aliphatic hydroxyl groups excluding tert-OH is 1. The number of hydrogen-bond acceptors (Lipinski definition) is 4. The van der Waals surface area contributed by atoms with Gasteiger partial charge in [-0.3, -0.25) is 9.58 Å². The van der Waals surface area contributed by atoms with Gasteiger partial charge in [0.1, 0.15) is 18.5 Å². The summed E-state index contributed by atoms with van der Waals surface area (Å²) in [4.78, 5) is 2.10. The van der Waals surface area contributed by atoms with Crippen molar-refractivity contribution in [2.45, 2.75) is 32.9 Å². The van der Waals surface area contributed by atoms with E-state index in [1.165, 1.54) is 0 Å². The lowest BCUT2D eigenvalue weighted by molar-refractivity contribution is 0.0653. The molecule has 5 heteroatoms. The summed E-state index contributed by atoms with van der Waals surface area (Å²) in [6.07, 6.45) is 3.32. The van der Waals surface area contributed by atoms with Crippen LogP contribution in [-0.2, 0) is 7.05 Å². The number of likely N-dealkylation sites (N-methyl/N-ethyl adjacent to an activating group) is 1. The zero-order chi connectivity index (χ0) is 17.0. The first kappa shape index (κ1) is 17.5. The SMILES string of the molecule is Cc1cc(C)cc(OCC(O)CN(C)C(C)c2cnn(C)c2)c1. The Bertz CT molecular complexity index is 619. The van der Waals surface area contributed by atoms with Gasteiger partial charge in [-0.1, -0.05) is 6.07 Å². The Kier molecular flexibility index (Phi) is 5.80. The Morgan fingerprint density at radius 2 is 1.91 bits per heavy atom. The number of benzene rings is 1. The molecule has 2 aromatic rings. The molecule has 23 heavy (non-hydrogen) atoms.